The Hall–Kier alpha value is -2.08. The summed E-state index contributed by atoms with van der Waals surface area (Å²) in [5, 5.41) is 14.7. The summed E-state index contributed by atoms with van der Waals surface area (Å²) in [6.07, 6.45) is 5.87. The van der Waals surface area contributed by atoms with Gasteiger partial charge in [0.25, 0.3) is 5.91 Å². The number of amides is 2. The number of hydrogen-bond donors (Lipinski definition) is 3. The number of aliphatic hydroxyl groups is 1. The van der Waals surface area contributed by atoms with Crippen molar-refractivity contribution in [1.29, 1.82) is 0 Å². The number of carbonyl (C=O) groups is 2. The summed E-state index contributed by atoms with van der Waals surface area (Å²) in [6.45, 7) is 3.81. The van der Waals surface area contributed by atoms with E-state index in [0.717, 1.165) is 0 Å². The monoisotopic (exact) mass is 306 g/mol. The smallest absolute Gasteiger partial charge is 0.287 e. The van der Waals surface area contributed by atoms with Gasteiger partial charge in [0.2, 0.25) is 5.91 Å². The Balaban J connectivity index is 1.94. The van der Waals surface area contributed by atoms with E-state index in [9.17, 15) is 9.59 Å². The quantitative estimate of drug-likeness (QED) is 0.686. The Kier molecular flexibility index (Phi) is 5.38. The molecule has 1 unspecified atom stereocenters. The van der Waals surface area contributed by atoms with Crippen LogP contribution in [0.15, 0.2) is 35.0 Å². The largest absolute Gasteiger partial charge is 0.459 e. The van der Waals surface area contributed by atoms with Crippen molar-refractivity contribution in [3.8, 4) is 0 Å². The highest BCUT2D eigenvalue weighted by molar-refractivity contribution is 5.95. The first kappa shape index (κ1) is 16.3. The van der Waals surface area contributed by atoms with E-state index in [0.29, 0.717) is 6.42 Å². The first-order chi connectivity index (χ1) is 10.5. The van der Waals surface area contributed by atoms with Gasteiger partial charge in [0, 0.05) is 18.6 Å². The molecule has 1 aliphatic rings. The summed E-state index contributed by atoms with van der Waals surface area (Å²) in [6, 6.07) is 2.43. The van der Waals surface area contributed by atoms with Gasteiger partial charge < -0.3 is 20.2 Å². The molecule has 1 aromatic heterocycles. The lowest BCUT2D eigenvalue weighted by Crippen LogP contribution is -2.51. The molecule has 6 nitrogen and oxygen atoms in total. The molecular formula is C16H22N2O4. The molecule has 0 radical (unpaired) electrons. The van der Waals surface area contributed by atoms with Gasteiger partial charge in [0.05, 0.1) is 6.26 Å². The lowest BCUT2D eigenvalue weighted by molar-refractivity contribution is -0.124. The molecule has 1 heterocycles. The molecule has 0 fully saturated rings. The zero-order valence-corrected chi connectivity index (χ0v) is 12.8. The minimum atomic E-state index is -0.640. The summed E-state index contributed by atoms with van der Waals surface area (Å²) in [5.74, 6) is -0.435. The molecule has 22 heavy (non-hydrogen) atoms. The first-order valence-electron chi connectivity index (χ1n) is 7.45. The summed E-state index contributed by atoms with van der Waals surface area (Å²) >= 11 is 0. The van der Waals surface area contributed by atoms with E-state index in [1.807, 2.05) is 26.0 Å². The fourth-order valence-electron chi connectivity index (χ4n) is 2.44. The van der Waals surface area contributed by atoms with E-state index in [2.05, 4.69) is 10.6 Å². The van der Waals surface area contributed by atoms with E-state index >= 15 is 0 Å². The summed E-state index contributed by atoms with van der Waals surface area (Å²) < 4.78 is 5.04. The zero-order valence-electron chi connectivity index (χ0n) is 12.8. The molecule has 1 aromatic rings. The number of carbonyl (C=O) groups excluding carboxylic acids is 2. The van der Waals surface area contributed by atoms with Crippen LogP contribution in [-0.2, 0) is 4.79 Å². The third-order valence-corrected chi connectivity index (χ3v) is 3.72. The highest BCUT2D eigenvalue weighted by Gasteiger charge is 2.28. The van der Waals surface area contributed by atoms with Crippen LogP contribution in [-0.4, -0.2) is 35.6 Å². The maximum absolute atomic E-state index is 12.4. The van der Waals surface area contributed by atoms with Gasteiger partial charge in [-0.05, 0) is 24.5 Å². The van der Waals surface area contributed by atoms with Crippen molar-refractivity contribution in [2.75, 3.05) is 6.61 Å². The Morgan fingerprint density at radius 2 is 2.18 bits per heavy atom. The molecule has 0 aliphatic heterocycles. The number of furan rings is 1. The Bertz CT molecular complexity index is 536. The second-order valence-electron chi connectivity index (χ2n) is 5.85. The zero-order chi connectivity index (χ0) is 16.1. The topological polar surface area (TPSA) is 91.6 Å². The molecule has 0 spiro atoms. The third-order valence-electron chi connectivity index (χ3n) is 3.72. The van der Waals surface area contributed by atoms with Gasteiger partial charge in [-0.25, -0.2) is 0 Å². The van der Waals surface area contributed by atoms with Crippen LogP contribution in [0.5, 0.6) is 0 Å². The van der Waals surface area contributed by atoms with Crippen LogP contribution in [0.3, 0.4) is 0 Å². The molecule has 2 amide bonds. The van der Waals surface area contributed by atoms with Crippen molar-refractivity contribution >= 4 is 11.8 Å². The fourth-order valence-corrected chi connectivity index (χ4v) is 2.44. The molecule has 6 heteroatoms. The lowest BCUT2D eigenvalue weighted by atomic mass is 10.0. The van der Waals surface area contributed by atoms with E-state index in [4.69, 9.17) is 9.52 Å². The van der Waals surface area contributed by atoms with Crippen LogP contribution in [0.4, 0.5) is 0 Å². The van der Waals surface area contributed by atoms with Crippen molar-refractivity contribution in [2.24, 2.45) is 11.8 Å². The minimum Gasteiger partial charge on any atom is -0.459 e. The van der Waals surface area contributed by atoms with Crippen molar-refractivity contribution in [1.82, 2.24) is 10.6 Å². The molecule has 120 valence electrons. The Morgan fingerprint density at radius 1 is 1.41 bits per heavy atom. The Morgan fingerprint density at radius 3 is 2.73 bits per heavy atom. The number of hydrogen-bond acceptors (Lipinski definition) is 4. The maximum Gasteiger partial charge on any atom is 0.287 e. The number of aliphatic hydroxyl groups excluding tert-OH is 1. The van der Waals surface area contributed by atoms with Crippen LogP contribution in [0.2, 0.25) is 0 Å². The predicted octanol–water partition coefficient (Wildman–Crippen LogP) is 1.09. The highest BCUT2D eigenvalue weighted by atomic mass is 16.3. The van der Waals surface area contributed by atoms with Gasteiger partial charge in [-0.2, -0.15) is 0 Å². The van der Waals surface area contributed by atoms with Crippen LogP contribution >= 0.6 is 0 Å². The summed E-state index contributed by atoms with van der Waals surface area (Å²) in [5.41, 5.74) is 0. The maximum atomic E-state index is 12.4. The van der Waals surface area contributed by atoms with Crippen LogP contribution in [0, 0.1) is 11.8 Å². The third kappa shape index (κ3) is 3.98. The van der Waals surface area contributed by atoms with Gasteiger partial charge in [0.15, 0.2) is 5.76 Å². The lowest BCUT2D eigenvalue weighted by Gasteiger charge is -2.23. The first-order valence-corrected chi connectivity index (χ1v) is 7.45. The van der Waals surface area contributed by atoms with Crippen LogP contribution in [0.25, 0.3) is 0 Å². The van der Waals surface area contributed by atoms with Gasteiger partial charge in [-0.1, -0.05) is 26.0 Å². The Labute approximate surface area is 129 Å². The molecule has 1 aliphatic carbocycles. The molecular weight excluding hydrogens is 284 g/mol. The van der Waals surface area contributed by atoms with Gasteiger partial charge in [-0.15, -0.1) is 0 Å². The summed E-state index contributed by atoms with van der Waals surface area (Å²) in [4.78, 5) is 24.4. The number of rotatable bonds is 6. The van der Waals surface area contributed by atoms with Gasteiger partial charge in [-0.3, -0.25) is 9.59 Å². The average molecular weight is 306 g/mol. The van der Waals surface area contributed by atoms with Crippen molar-refractivity contribution in [3.05, 3.63) is 36.3 Å². The average Bonchev–Trinajstić information content (AvgIpc) is 3.14. The van der Waals surface area contributed by atoms with Crippen molar-refractivity contribution in [3.63, 3.8) is 0 Å². The minimum absolute atomic E-state index is 0.0575. The van der Waals surface area contributed by atoms with Gasteiger partial charge in [0.1, 0.15) is 6.04 Å². The van der Waals surface area contributed by atoms with E-state index < -0.39 is 11.9 Å². The van der Waals surface area contributed by atoms with Crippen molar-refractivity contribution < 1.29 is 19.1 Å². The second-order valence-corrected chi connectivity index (χ2v) is 5.85. The van der Waals surface area contributed by atoms with E-state index in [1.165, 1.54) is 6.26 Å². The predicted molar refractivity (Wildman–Crippen MR) is 81.1 cm³/mol. The molecule has 2 rings (SSSR count). The van der Waals surface area contributed by atoms with E-state index in [1.54, 1.807) is 12.1 Å². The molecule has 3 N–H and O–H groups in total. The highest BCUT2D eigenvalue weighted by Crippen LogP contribution is 2.17. The summed E-state index contributed by atoms with van der Waals surface area (Å²) in [7, 11) is 0. The molecule has 0 saturated heterocycles. The van der Waals surface area contributed by atoms with Crippen LogP contribution in [0.1, 0.15) is 30.8 Å². The molecule has 3 atom stereocenters. The van der Waals surface area contributed by atoms with Gasteiger partial charge >= 0.3 is 0 Å². The second kappa shape index (κ2) is 7.26. The standard InChI is InChI=1S/C16H22N2O4/c1-10(2)14(18-15(20)13-4-3-7-22-13)16(21)17-12-6-5-11(8-12)9-19/h3-7,10-12,14,19H,8-9H2,1-2H3,(H,17,21)(H,18,20)/t11-,12+,14?/m0/s1. The molecule has 0 saturated carbocycles. The van der Waals surface area contributed by atoms with Crippen molar-refractivity contribution in [2.45, 2.75) is 32.4 Å². The molecule has 0 bridgehead atoms. The fraction of sp³-hybridized carbons (Fsp3) is 0.500. The SMILES string of the molecule is CC(C)C(NC(=O)c1ccco1)C(=O)N[C@@H]1C=C[C@H](CO)C1. The number of nitrogens with one attached hydrogen (secondary N) is 2. The van der Waals surface area contributed by atoms with Crippen LogP contribution < -0.4 is 10.6 Å². The molecule has 0 aromatic carbocycles. The van der Waals surface area contributed by atoms with E-state index in [-0.39, 0.29) is 36.2 Å². The normalized spacial score (nSPS) is 21.8.